The fraction of sp³-hybridized carbons (Fsp3) is 0.163. The molecule has 0 N–H and O–H groups in total. The van der Waals surface area contributed by atoms with E-state index >= 15 is 0 Å². The maximum Gasteiger partial charge on any atom is 0.494 e. The van der Waals surface area contributed by atoms with Gasteiger partial charge in [-0.15, -0.1) is 0 Å². The number of hydrogen-bond acceptors (Lipinski definition) is 2. The first-order valence-electron chi connectivity index (χ1n) is 16.2. The predicted octanol–water partition coefficient (Wildman–Crippen LogP) is 9.68. The van der Waals surface area contributed by atoms with E-state index in [0.29, 0.717) is 0 Å². The summed E-state index contributed by atoms with van der Waals surface area (Å²) in [6.07, 6.45) is 0. The molecule has 8 rings (SSSR count). The van der Waals surface area contributed by atoms with Gasteiger partial charge in [0.25, 0.3) is 0 Å². The minimum atomic E-state index is -0.399. The summed E-state index contributed by atoms with van der Waals surface area (Å²) >= 11 is 0. The number of hydrogen-bond donors (Lipinski definition) is 0. The summed E-state index contributed by atoms with van der Waals surface area (Å²) in [6, 6.07) is 55.4. The summed E-state index contributed by atoms with van der Waals surface area (Å²) in [5.41, 5.74) is 12.5. The van der Waals surface area contributed by atoms with Crippen molar-refractivity contribution >= 4 is 12.6 Å². The van der Waals surface area contributed by atoms with Gasteiger partial charge >= 0.3 is 7.12 Å². The second-order valence-electron chi connectivity index (χ2n) is 13.6. The van der Waals surface area contributed by atoms with Crippen LogP contribution in [0.1, 0.15) is 49.9 Å². The van der Waals surface area contributed by atoms with Gasteiger partial charge < -0.3 is 9.31 Å². The Labute approximate surface area is 272 Å². The van der Waals surface area contributed by atoms with Crippen LogP contribution < -0.4 is 5.46 Å². The molecule has 0 amide bonds. The Morgan fingerprint density at radius 2 is 0.848 bits per heavy atom. The van der Waals surface area contributed by atoms with Crippen LogP contribution in [0.25, 0.3) is 33.4 Å². The molecule has 1 aliphatic carbocycles. The van der Waals surface area contributed by atoms with E-state index in [9.17, 15) is 0 Å². The molecule has 0 atom stereocenters. The second kappa shape index (κ2) is 10.7. The molecule has 1 aliphatic heterocycles. The van der Waals surface area contributed by atoms with Gasteiger partial charge in [-0.3, -0.25) is 0 Å². The van der Waals surface area contributed by atoms with Crippen molar-refractivity contribution in [3.63, 3.8) is 0 Å². The molecule has 2 nitrogen and oxygen atoms in total. The molecule has 3 heteroatoms. The zero-order valence-corrected chi connectivity index (χ0v) is 26.8. The first kappa shape index (κ1) is 28.8. The molecule has 0 spiro atoms. The zero-order chi connectivity index (χ0) is 31.5. The van der Waals surface area contributed by atoms with Gasteiger partial charge in [0.1, 0.15) is 0 Å². The largest absolute Gasteiger partial charge is 0.494 e. The SMILES string of the molecule is CC1(C)OB(c2ccc(-c3ccc(-c4ccc5c(c4)C(c4ccccc4)(c4ccccc4)c4ccccc4-5)cc3)cc2)OC1(C)C. The van der Waals surface area contributed by atoms with Crippen molar-refractivity contribution in [3.8, 4) is 33.4 Å². The van der Waals surface area contributed by atoms with Gasteiger partial charge in [-0.05, 0) is 94.9 Å². The Balaban J connectivity index is 1.16. The van der Waals surface area contributed by atoms with Crippen molar-refractivity contribution < 1.29 is 9.31 Å². The minimum Gasteiger partial charge on any atom is -0.399 e. The third-order valence-electron chi connectivity index (χ3n) is 10.4. The summed E-state index contributed by atoms with van der Waals surface area (Å²) < 4.78 is 12.5. The maximum atomic E-state index is 6.26. The Morgan fingerprint density at radius 3 is 1.41 bits per heavy atom. The molecule has 46 heavy (non-hydrogen) atoms. The van der Waals surface area contributed by atoms with E-state index in [-0.39, 0.29) is 18.3 Å². The fourth-order valence-corrected chi connectivity index (χ4v) is 7.29. The van der Waals surface area contributed by atoms with E-state index in [1.54, 1.807) is 0 Å². The van der Waals surface area contributed by atoms with Crippen molar-refractivity contribution in [2.75, 3.05) is 0 Å². The Hall–Kier alpha value is -4.70. The maximum absolute atomic E-state index is 6.26. The molecule has 0 radical (unpaired) electrons. The van der Waals surface area contributed by atoms with Crippen molar-refractivity contribution in [2.24, 2.45) is 0 Å². The summed E-state index contributed by atoms with van der Waals surface area (Å²) in [7, 11) is -0.355. The molecule has 6 aromatic carbocycles. The monoisotopic (exact) mass is 596 g/mol. The standard InChI is InChI=1S/C43H37BO2/c1-41(2)42(3,4)46-44(45-41)36-26-23-31(24-27-36)30-19-21-32(22-20-30)33-25-28-38-37-17-11-12-18-39(37)43(40(38)29-33,34-13-7-5-8-14-34)35-15-9-6-10-16-35/h5-29H,1-4H3. The lowest BCUT2D eigenvalue weighted by Crippen LogP contribution is -2.41. The van der Waals surface area contributed by atoms with E-state index in [0.717, 1.165) is 5.46 Å². The van der Waals surface area contributed by atoms with Gasteiger partial charge in [-0.2, -0.15) is 0 Å². The van der Waals surface area contributed by atoms with Crippen molar-refractivity contribution in [3.05, 3.63) is 174 Å². The molecule has 1 fully saturated rings. The molecular formula is C43H37BO2. The zero-order valence-electron chi connectivity index (χ0n) is 26.8. The lowest BCUT2D eigenvalue weighted by atomic mass is 9.67. The molecule has 0 aromatic heterocycles. The molecule has 2 aliphatic rings. The van der Waals surface area contributed by atoms with Crippen molar-refractivity contribution in [1.29, 1.82) is 0 Å². The highest BCUT2D eigenvalue weighted by Gasteiger charge is 2.51. The Bertz CT molecular complexity index is 1970. The van der Waals surface area contributed by atoms with Crippen LogP contribution in [-0.4, -0.2) is 18.3 Å². The van der Waals surface area contributed by atoms with E-state index < -0.39 is 5.41 Å². The quantitative estimate of drug-likeness (QED) is 0.184. The van der Waals surface area contributed by atoms with Crippen LogP contribution in [0.2, 0.25) is 0 Å². The van der Waals surface area contributed by atoms with Crippen LogP contribution >= 0.6 is 0 Å². The van der Waals surface area contributed by atoms with E-state index in [2.05, 4.69) is 179 Å². The number of rotatable bonds is 5. The van der Waals surface area contributed by atoms with Crippen LogP contribution in [0, 0.1) is 0 Å². The van der Waals surface area contributed by atoms with E-state index in [4.69, 9.17) is 9.31 Å². The highest BCUT2D eigenvalue weighted by Crippen LogP contribution is 2.56. The average Bonchev–Trinajstić information content (AvgIpc) is 3.51. The summed E-state index contributed by atoms with van der Waals surface area (Å²) in [4.78, 5) is 0. The topological polar surface area (TPSA) is 18.5 Å². The normalized spacial score (nSPS) is 17.0. The molecule has 0 unspecified atom stereocenters. The van der Waals surface area contributed by atoms with Gasteiger partial charge in [0.2, 0.25) is 0 Å². The average molecular weight is 597 g/mol. The van der Waals surface area contributed by atoms with Crippen LogP contribution in [0.5, 0.6) is 0 Å². The van der Waals surface area contributed by atoms with Crippen LogP contribution in [-0.2, 0) is 14.7 Å². The molecule has 6 aromatic rings. The summed E-state index contributed by atoms with van der Waals surface area (Å²) in [5, 5.41) is 0. The molecule has 1 saturated heterocycles. The van der Waals surface area contributed by atoms with Gasteiger partial charge in [0.15, 0.2) is 0 Å². The first-order chi connectivity index (χ1) is 22.3. The third-order valence-corrected chi connectivity index (χ3v) is 10.4. The molecule has 0 saturated carbocycles. The lowest BCUT2D eigenvalue weighted by molar-refractivity contribution is 0.00578. The van der Waals surface area contributed by atoms with Crippen molar-refractivity contribution in [1.82, 2.24) is 0 Å². The third kappa shape index (κ3) is 4.41. The number of benzene rings is 6. The second-order valence-corrected chi connectivity index (χ2v) is 13.6. The lowest BCUT2D eigenvalue weighted by Gasteiger charge is -2.34. The fourth-order valence-electron chi connectivity index (χ4n) is 7.29. The van der Waals surface area contributed by atoms with Crippen LogP contribution in [0.15, 0.2) is 152 Å². The first-order valence-corrected chi connectivity index (χ1v) is 16.2. The Kier molecular flexibility index (Phi) is 6.69. The van der Waals surface area contributed by atoms with Gasteiger partial charge in [-0.25, -0.2) is 0 Å². The molecule has 224 valence electrons. The number of fused-ring (bicyclic) bond motifs is 3. The van der Waals surface area contributed by atoms with E-state index in [1.165, 1.54) is 55.6 Å². The molecule has 1 heterocycles. The van der Waals surface area contributed by atoms with Crippen molar-refractivity contribution in [2.45, 2.75) is 44.3 Å². The van der Waals surface area contributed by atoms with Gasteiger partial charge in [0.05, 0.1) is 16.6 Å². The summed E-state index contributed by atoms with van der Waals surface area (Å²) in [6.45, 7) is 8.36. The van der Waals surface area contributed by atoms with Gasteiger partial charge in [0, 0.05) is 0 Å². The summed E-state index contributed by atoms with van der Waals surface area (Å²) in [5.74, 6) is 0. The minimum absolute atomic E-state index is 0.353. The Morgan fingerprint density at radius 1 is 0.413 bits per heavy atom. The van der Waals surface area contributed by atoms with E-state index in [1.807, 2.05) is 0 Å². The van der Waals surface area contributed by atoms with Crippen LogP contribution in [0.3, 0.4) is 0 Å². The van der Waals surface area contributed by atoms with Crippen LogP contribution in [0.4, 0.5) is 0 Å². The smallest absolute Gasteiger partial charge is 0.399 e. The molecule has 0 bridgehead atoms. The highest BCUT2D eigenvalue weighted by molar-refractivity contribution is 6.62. The highest BCUT2D eigenvalue weighted by atomic mass is 16.7. The predicted molar refractivity (Wildman–Crippen MR) is 190 cm³/mol. The van der Waals surface area contributed by atoms with Gasteiger partial charge in [-0.1, -0.05) is 146 Å². The molecular weight excluding hydrogens is 559 g/mol.